The molecule has 1 aromatic heterocycles. The third kappa shape index (κ3) is 2.98. The summed E-state index contributed by atoms with van der Waals surface area (Å²) in [5.41, 5.74) is 5.52. The molecule has 0 amide bonds. The maximum absolute atomic E-state index is 11.7. The van der Waals surface area contributed by atoms with E-state index in [1.54, 1.807) is 6.07 Å². The maximum atomic E-state index is 11.7. The smallest absolute Gasteiger partial charge is 0.274 e. The van der Waals surface area contributed by atoms with Crippen molar-refractivity contribution in [3.63, 3.8) is 0 Å². The van der Waals surface area contributed by atoms with Crippen molar-refractivity contribution in [2.24, 2.45) is 11.7 Å². The largest absolute Gasteiger partial charge is 0.452 e. The molecule has 1 saturated carbocycles. The van der Waals surface area contributed by atoms with Gasteiger partial charge in [0.15, 0.2) is 0 Å². The summed E-state index contributed by atoms with van der Waals surface area (Å²) >= 11 is 0. The molecule has 1 aliphatic carbocycles. The lowest BCUT2D eigenvalue weighted by Gasteiger charge is -2.14. The quantitative estimate of drug-likeness (QED) is 0.822. The van der Waals surface area contributed by atoms with E-state index in [-0.39, 0.29) is 23.5 Å². The highest BCUT2D eigenvalue weighted by Gasteiger charge is 2.34. The monoisotopic (exact) mass is 266 g/mol. The van der Waals surface area contributed by atoms with Crippen LogP contribution in [0.25, 0.3) is 0 Å². The Morgan fingerprint density at radius 3 is 2.69 bits per heavy atom. The van der Waals surface area contributed by atoms with Crippen molar-refractivity contribution in [3.05, 3.63) is 18.4 Å². The van der Waals surface area contributed by atoms with Gasteiger partial charge in [0.2, 0.25) is 5.09 Å². The minimum Gasteiger partial charge on any atom is -0.452 e. The van der Waals surface area contributed by atoms with Gasteiger partial charge in [-0.15, -0.1) is 12.4 Å². The van der Waals surface area contributed by atoms with Crippen molar-refractivity contribution >= 4 is 22.4 Å². The summed E-state index contributed by atoms with van der Waals surface area (Å²) in [6.07, 6.45) is 3.42. The van der Waals surface area contributed by atoms with Crippen LogP contribution in [0.3, 0.4) is 0 Å². The van der Waals surface area contributed by atoms with Crippen LogP contribution in [0.15, 0.2) is 27.9 Å². The van der Waals surface area contributed by atoms with Crippen LogP contribution in [0.5, 0.6) is 0 Å². The van der Waals surface area contributed by atoms with Gasteiger partial charge in [0.25, 0.3) is 10.0 Å². The zero-order chi connectivity index (χ0) is 10.9. The van der Waals surface area contributed by atoms with Gasteiger partial charge in [0.05, 0.1) is 6.26 Å². The second-order valence-electron chi connectivity index (χ2n) is 3.73. The molecule has 5 nitrogen and oxygen atoms in total. The number of rotatable bonds is 5. The molecular weight excluding hydrogens is 252 g/mol. The highest BCUT2D eigenvalue weighted by Crippen LogP contribution is 2.32. The Balaban J connectivity index is 0.00000128. The van der Waals surface area contributed by atoms with E-state index in [9.17, 15) is 8.42 Å². The first-order chi connectivity index (χ1) is 7.13. The summed E-state index contributed by atoms with van der Waals surface area (Å²) in [6, 6.07) is 2.80. The topological polar surface area (TPSA) is 85.3 Å². The van der Waals surface area contributed by atoms with Crippen LogP contribution in [-0.2, 0) is 10.0 Å². The first-order valence-corrected chi connectivity index (χ1v) is 6.37. The molecule has 16 heavy (non-hydrogen) atoms. The fourth-order valence-corrected chi connectivity index (χ4v) is 2.75. The van der Waals surface area contributed by atoms with Crippen molar-refractivity contribution in [2.45, 2.75) is 24.0 Å². The number of nitrogens with two attached hydrogens (primary N) is 1. The van der Waals surface area contributed by atoms with Crippen molar-refractivity contribution in [1.29, 1.82) is 0 Å². The summed E-state index contributed by atoms with van der Waals surface area (Å²) in [7, 11) is -3.53. The molecule has 92 valence electrons. The molecule has 0 spiro atoms. The number of halogens is 1. The van der Waals surface area contributed by atoms with E-state index in [1.165, 1.54) is 12.3 Å². The number of furan rings is 1. The zero-order valence-electron chi connectivity index (χ0n) is 8.63. The normalized spacial score (nSPS) is 17.8. The summed E-state index contributed by atoms with van der Waals surface area (Å²) < 4.78 is 30.9. The zero-order valence-corrected chi connectivity index (χ0v) is 10.3. The van der Waals surface area contributed by atoms with Crippen LogP contribution in [0.1, 0.15) is 12.8 Å². The molecule has 3 N–H and O–H groups in total. The maximum Gasteiger partial charge on any atom is 0.274 e. The molecule has 0 aliphatic heterocycles. The van der Waals surface area contributed by atoms with Gasteiger partial charge in [-0.05, 0) is 30.9 Å². The van der Waals surface area contributed by atoms with Crippen LogP contribution < -0.4 is 10.5 Å². The third-order valence-corrected chi connectivity index (χ3v) is 3.89. The molecule has 1 aliphatic rings. The molecule has 0 aromatic carbocycles. The van der Waals surface area contributed by atoms with E-state index < -0.39 is 10.0 Å². The van der Waals surface area contributed by atoms with Gasteiger partial charge >= 0.3 is 0 Å². The van der Waals surface area contributed by atoms with Crippen LogP contribution in [0.4, 0.5) is 0 Å². The molecule has 7 heteroatoms. The molecule has 1 aromatic rings. The van der Waals surface area contributed by atoms with E-state index >= 15 is 0 Å². The van der Waals surface area contributed by atoms with Gasteiger partial charge < -0.3 is 10.2 Å². The molecule has 0 radical (unpaired) electrons. The van der Waals surface area contributed by atoms with Crippen molar-refractivity contribution in [3.8, 4) is 0 Å². The predicted molar refractivity (Wildman–Crippen MR) is 61.8 cm³/mol. The number of hydrogen-bond donors (Lipinski definition) is 2. The van der Waals surface area contributed by atoms with Crippen LogP contribution in [0.2, 0.25) is 0 Å². The van der Waals surface area contributed by atoms with Crippen molar-refractivity contribution in [2.75, 3.05) is 6.54 Å². The molecular formula is C9H15ClN2O3S. The fraction of sp³-hybridized carbons (Fsp3) is 0.556. The lowest BCUT2D eigenvalue weighted by Crippen LogP contribution is -2.41. The van der Waals surface area contributed by atoms with Gasteiger partial charge in [-0.25, -0.2) is 13.1 Å². The Labute approximate surface area is 101 Å². The Hall–Kier alpha value is -0.560. The van der Waals surface area contributed by atoms with Crippen molar-refractivity contribution in [1.82, 2.24) is 4.72 Å². The molecule has 1 unspecified atom stereocenters. The van der Waals surface area contributed by atoms with Crippen LogP contribution >= 0.6 is 12.4 Å². The molecule has 2 rings (SSSR count). The highest BCUT2D eigenvalue weighted by atomic mass is 35.5. The lowest BCUT2D eigenvalue weighted by atomic mass is 10.2. The first-order valence-electron chi connectivity index (χ1n) is 4.89. The van der Waals surface area contributed by atoms with E-state index in [2.05, 4.69) is 4.72 Å². The summed E-state index contributed by atoms with van der Waals surface area (Å²) in [5.74, 6) is 0.389. The number of hydrogen-bond acceptors (Lipinski definition) is 4. The Morgan fingerprint density at radius 2 is 2.25 bits per heavy atom. The second kappa shape index (κ2) is 5.18. The van der Waals surface area contributed by atoms with E-state index in [4.69, 9.17) is 10.2 Å². The molecule has 1 atom stereocenters. The van der Waals surface area contributed by atoms with Crippen LogP contribution in [-0.4, -0.2) is 21.0 Å². The highest BCUT2D eigenvalue weighted by molar-refractivity contribution is 7.89. The number of nitrogens with one attached hydrogen (secondary N) is 1. The minimum absolute atomic E-state index is 0. The Kier molecular flexibility index (Phi) is 4.37. The second-order valence-corrected chi connectivity index (χ2v) is 5.38. The van der Waals surface area contributed by atoms with Crippen molar-refractivity contribution < 1.29 is 12.8 Å². The standard InChI is InChI=1S/C9H14N2O3S.ClH/c10-6-8(7-3-4-7)11-15(12,13)9-2-1-5-14-9;/h1-2,5,7-8,11H,3-4,6,10H2;1H. The third-order valence-electron chi connectivity index (χ3n) is 2.51. The average Bonchev–Trinajstić information content (AvgIpc) is 2.88. The van der Waals surface area contributed by atoms with Crippen LogP contribution in [0, 0.1) is 5.92 Å². The minimum atomic E-state index is -3.53. The molecule has 0 saturated heterocycles. The van der Waals surface area contributed by atoms with E-state index in [0.717, 1.165) is 12.8 Å². The van der Waals surface area contributed by atoms with Gasteiger partial charge in [0, 0.05) is 12.6 Å². The van der Waals surface area contributed by atoms with Gasteiger partial charge in [-0.3, -0.25) is 0 Å². The van der Waals surface area contributed by atoms with Gasteiger partial charge in [-0.2, -0.15) is 0 Å². The fourth-order valence-electron chi connectivity index (χ4n) is 1.51. The summed E-state index contributed by atoms with van der Waals surface area (Å²) in [6.45, 7) is 0.324. The van der Waals surface area contributed by atoms with E-state index in [1.807, 2.05) is 0 Å². The molecule has 0 bridgehead atoms. The summed E-state index contributed by atoms with van der Waals surface area (Å²) in [4.78, 5) is 0. The average molecular weight is 267 g/mol. The molecule has 1 fully saturated rings. The van der Waals surface area contributed by atoms with E-state index in [0.29, 0.717) is 12.5 Å². The first kappa shape index (κ1) is 13.5. The predicted octanol–water partition coefficient (Wildman–Crippen LogP) is 0.717. The molecule has 1 heterocycles. The van der Waals surface area contributed by atoms with Gasteiger partial charge in [0.1, 0.15) is 0 Å². The Bertz CT molecular complexity index is 414. The van der Waals surface area contributed by atoms with Gasteiger partial charge in [-0.1, -0.05) is 0 Å². The Morgan fingerprint density at radius 1 is 1.56 bits per heavy atom. The summed E-state index contributed by atoms with van der Waals surface area (Å²) in [5, 5.41) is -0.0541. The number of sulfonamides is 1. The SMILES string of the molecule is Cl.NCC(NS(=O)(=O)c1ccco1)C1CC1. The lowest BCUT2D eigenvalue weighted by molar-refractivity contribution is 0.436.